The average molecular weight is 380 g/mol. The summed E-state index contributed by atoms with van der Waals surface area (Å²) in [7, 11) is 0. The molecule has 8 heteroatoms. The third kappa shape index (κ3) is 3.95. The van der Waals surface area contributed by atoms with Gasteiger partial charge in [0.25, 0.3) is 5.91 Å². The molecule has 2 atom stereocenters. The Bertz CT molecular complexity index is 808. The minimum atomic E-state index is -0.148. The quantitative estimate of drug-likeness (QED) is 0.855. The number of pyridine rings is 1. The zero-order valence-electron chi connectivity index (χ0n) is 15.7. The minimum absolute atomic E-state index is 0.108. The van der Waals surface area contributed by atoms with Crippen molar-refractivity contribution < 1.29 is 9.59 Å². The van der Waals surface area contributed by atoms with Gasteiger partial charge in [-0.1, -0.05) is 6.42 Å². The summed E-state index contributed by atoms with van der Waals surface area (Å²) in [4.78, 5) is 42.1. The Balaban J connectivity index is 1.34. The van der Waals surface area contributed by atoms with E-state index in [1.54, 1.807) is 43.0 Å². The van der Waals surface area contributed by atoms with Crippen LogP contribution in [0.15, 0.2) is 43.0 Å². The fourth-order valence-corrected chi connectivity index (χ4v) is 4.00. The van der Waals surface area contributed by atoms with Gasteiger partial charge in [0.1, 0.15) is 0 Å². The van der Waals surface area contributed by atoms with E-state index in [1.165, 1.54) is 0 Å². The maximum Gasteiger partial charge on any atom is 0.251 e. The van der Waals surface area contributed by atoms with Crippen LogP contribution in [-0.2, 0) is 4.79 Å². The summed E-state index contributed by atoms with van der Waals surface area (Å²) < 4.78 is 0. The molecule has 2 aromatic rings. The van der Waals surface area contributed by atoms with Gasteiger partial charge in [0.2, 0.25) is 11.9 Å². The van der Waals surface area contributed by atoms with E-state index in [0.717, 1.165) is 32.4 Å². The van der Waals surface area contributed by atoms with Crippen molar-refractivity contribution >= 4 is 17.8 Å². The number of carbonyl (C=O) groups is 2. The fourth-order valence-electron chi connectivity index (χ4n) is 4.00. The van der Waals surface area contributed by atoms with Gasteiger partial charge in [-0.3, -0.25) is 14.6 Å². The van der Waals surface area contributed by atoms with Gasteiger partial charge in [-0.2, -0.15) is 0 Å². The summed E-state index contributed by atoms with van der Waals surface area (Å²) in [6.45, 7) is 2.74. The molecule has 3 heterocycles. The molecule has 0 radical (unpaired) electrons. The van der Waals surface area contributed by atoms with E-state index in [1.807, 2.05) is 4.90 Å². The van der Waals surface area contributed by atoms with E-state index in [9.17, 15) is 9.59 Å². The second-order valence-electron chi connectivity index (χ2n) is 7.21. The standard InChI is InChI=1S/C20H24N6O2/c27-18(15-5-9-21-10-6-15)24-17-4-1-3-16(17)19(28)25-11-13-26(14-12-25)20-22-7-2-8-23-20/h2,5-10,16-17H,1,3-4,11-14H2,(H,24,27)/t16-,17+/m0/s1. The van der Waals surface area contributed by atoms with Crippen molar-refractivity contribution in [1.29, 1.82) is 0 Å². The van der Waals surface area contributed by atoms with E-state index < -0.39 is 0 Å². The fraction of sp³-hybridized carbons (Fsp3) is 0.450. The summed E-state index contributed by atoms with van der Waals surface area (Å²) >= 11 is 0. The number of anilines is 1. The van der Waals surface area contributed by atoms with Crippen LogP contribution in [0.1, 0.15) is 29.6 Å². The van der Waals surface area contributed by atoms with Crippen LogP contribution >= 0.6 is 0 Å². The van der Waals surface area contributed by atoms with Gasteiger partial charge in [0.15, 0.2) is 0 Å². The molecule has 1 saturated carbocycles. The van der Waals surface area contributed by atoms with Gasteiger partial charge in [-0.15, -0.1) is 0 Å². The Morgan fingerprint density at radius 1 is 0.964 bits per heavy atom. The predicted molar refractivity (Wildman–Crippen MR) is 104 cm³/mol. The first kappa shape index (κ1) is 18.3. The Labute approximate surface area is 164 Å². The Kier molecular flexibility index (Phi) is 5.45. The molecule has 1 N–H and O–H groups in total. The van der Waals surface area contributed by atoms with Gasteiger partial charge in [0, 0.05) is 62.6 Å². The molecule has 8 nitrogen and oxygen atoms in total. The van der Waals surface area contributed by atoms with Crippen molar-refractivity contribution in [2.24, 2.45) is 5.92 Å². The Morgan fingerprint density at radius 3 is 2.39 bits per heavy atom. The molecule has 4 rings (SSSR count). The Hall–Kier alpha value is -3.03. The number of hydrogen-bond donors (Lipinski definition) is 1. The lowest BCUT2D eigenvalue weighted by atomic mass is 10.0. The zero-order chi connectivity index (χ0) is 19.3. The molecule has 146 valence electrons. The van der Waals surface area contributed by atoms with Gasteiger partial charge < -0.3 is 15.1 Å². The molecule has 2 fully saturated rings. The van der Waals surface area contributed by atoms with Gasteiger partial charge in [-0.05, 0) is 31.0 Å². The van der Waals surface area contributed by atoms with Gasteiger partial charge in [0.05, 0.1) is 5.92 Å². The topological polar surface area (TPSA) is 91.3 Å². The second kappa shape index (κ2) is 8.33. The first-order chi connectivity index (χ1) is 13.7. The van der Waals surface area contributed by atoms with Crippen molar-refractivity contribution in [2.45, 2.75) is 25.3 Å². The first-order valence-electron chi connectivity index (χ1n) is 9.74. The van der Waals surface area contributed by atoms with Crippen LogP contribution in [0.5, 0.6) is 0 Å². The molecule has 2 aromatic heterocycles. The SMILES string of the molecule is O=C(N[C@@H]1CCC[C@@H]1C(=O)N1CCN(c2ncccn2)CC1)c1ccncc1. The number of nitrogens with zero attached hydrogens (tertiary/aromatic N) is 5. The lowest BCUT2D eigenvalue weighted by Crippen LogP contribution is -2.53. The molecular weight excluding hydrogens is 356 g/mol. The van der Waals surface area contributed by atoms with Crippen LogP contribution in [-0.4, -0.2) is 63.9 Å². The second-order valence-corrected chi connectivity index (χ2v) is 7.21. The van der Waals surface area contributed by atoms with Crippen LogP contribution in [0.3, 0.4) is 0 Å². The van der Waals surface area contributed by atoms with E-state index in [4.69, 9.17) is 0 Å². The molecular formula is C20H24N6O2. The minimum Gasteiger partial charge on any atom is -0.349 e. The van der Waals surface area contributed by atoms with Crippen molar-refractivity contribution in [1.82, 2.24) is 25.2 Å². The van der Waals surface area contributed by atoms with Crippen LogP contribution in [0.2, 0.25) is 0 Å². The smallest absolute Gasteiger partial charge is 0.251 e. The van der Waals surface area contributed by atoms with Crippen molar-refractivity contribution in [3.63, 3.8) is 0 Å². The summed E-state index contributed by atoms with van der Waals surface area (Å²) in [5.41, 5.74) is 0.574. The highest BCUT2D eigenvalue weighted by Gasteiger charge is 2.37. The number of piperazine rings is 1. The van der Waals surface area contributed by atoms with E-state index in [-0.39, 0.29) is 23.8 Å². The molecule has 2 aliphatic rings. The molecule has 0 spiro atoms. The highest BCUT2D eigenvalue weighted by Crippen LogP contribution is 2.28. The maximum absolute atomic E-state index is 13.1. The molecule has 1 aliphatic carbocycles. The summed E-state index contributed by atoms with van der Waals surface area (Å²) in [6, 6.07) is 5.06. The number of hydrogen-bond acceptors (Lipinski definition) is 6. The van der Waals surface area contributed by atoms with Gasteiger partial charge in [-0.25, -0.2) is 9.97 Å². The van der Waals surface area contributed by atoms with Crippen molar-refractivity contribution in [2.75, 3.05) is 31.1 Å². The van der Waals surface area contributed by atoms with E-state index >= 15 is 0 Å². The third-order valence-electron chi connectivity index (χ3n) is 5.52. The molecule has 0 aromatic carbocycles. The number of nitrogens with one attached hydrogen (secondary N) is 1. The predicted octanol–water partition coefficient (Wildman–Crippen LogP) is 1.12. The monoisotopic (exact) mass is 380 g/mol. The molecule has 1 aliphatic heterocycles. The first-order valence-corrected chi connectivity index (χ1v) is 9.74. The zero-order valence-corrected chi connectivity index (χ0v) is 15.7. The van der Waals surface area contributed by atoms with Crippen LogP contribution < -0.4 is 10.2 Å². The molecule has 2 amide bonds. The van der Waals surface area contributed by atoms with E-state index in [2.05, 4.69) is 25.2 Å². The highest BCUT2D eigenvalue weighted by atomic mass is 16.2. The lowest BCUT2D eigenvalue weighted by molar-refractivity contribution is -0.136. The summed E-state index contributed by atoms with van der Waals surface area (Å²) in [6.07, 6.45) is 9.27. The summed E-state index contributed by atoms with van der Waals surface area (Å²) in [5.74, 6) is 0.563. The van der Waals surface area contributed by atoms with Crippen LogP contribution in [0, 0.1) is 5.92 Å². The normalized spacial score (nSPS) is 22.1. The van der Waals surface area contributed by atoms with Crippen molar-refractivity contribution in [3.8, 4) is 0 Å². The molecule has 28 heavy (non-hydrogen) atoms. The van der Waals surface area contributed by atoms with E-state index in [0.29, 0.717) is 24.6 Å². The molecule has 1 saturated heterocycles. The lowest BCUT2D eigenvalue weighted by Gasteiger charge is -2.36. The average Bonchev–Trinajstić information content (AvgIpc) is 3.22. The number of amides is 2. The number of carbonyl (C=O) groups excluding carboxylic acids is 2. The highest BCUT2D eigenvalue weighted by molar-refractivity contribution is 5.94. The number of rotatable bonds is 4. The van der Waals surface area contributed by atoms with Crippen LogP contribution in [0.4, 0.5) is 5.95 Å². The third-order valence-corrected chi connectivity index (χ3v) is 5.52. The van der Waals surface area contributed by atoms with Crippen LogP contribution in [0.25, 0.3) is 0 Å². The number of aromatic nitrogens is 3. The van der Waals surface area contributed by atoms with Crippen molar-refractivity contribution in [3.05, 3.63) is 48.5 Å². The largest absolute Gasteiger partial charge is 0.349 e. The summed E-state index contributed by atoms with van der Waals surface area (Å²) in [5, 5.41) is 3.06. The maximum atomic E-state index is 13.1. The molecule has 0 unspecified atom stereocenters. The molecule has 0 bridgehead atoms. The van der Waals surface area contributed by atoms with Gasteiger partial charge >= 0.3 is 0 Å². The Morgan fingerprint density at radius 2 is 1.68 bits per heavy atom.